The van der Waals surface area contributed by atoms with Crippen molar-refractivity contribution in [3.63, 3.8) is 0 Å². The Hall–Kier alpha value is -2.77. The summed E-state index contributed by atoms with van der Waals surface area (Å²) in [6, 6.07) is 6.78. The molecule has 0 aromatic heterocycles. The number of methoxy groups -OCH3 is 1. The van der Waals surface area contributed by atoms with Crippen LogP contribution in [0.25, 0.3) is 0 Å². The molecule has 2 saturated heterocycles. The van der Waals surface area contributed by atoms with Crippen LogP contribution >= 0.6 is 0 Å². The number of carbonyl (C=O) groups excluding carboxylic acids is 3. The van der Waals surface area contributed by atoms with Gasteiger partial charge in [0.2, 0.25) is 5.91 Å². The first-order valence-electron chi connectivity index (χ1n) is 8.35. The fourth-order valence-electron chi connectivity index (χ4n) is 3.10. The summed E-state index contributed by atoms with van der Waals surface area (Å²) in [5.41, 5.74) is 1.11. The minimum atomic E-state index is -0.600. The second-order valence-corrected chi connectivity index (χ2v) is 6.12. The zero-order chi connectivity index (χ0) is 17.8. The van der Waals surface area contributed by atoms with Gasteiger partial charge in [-0.1, -0.05) is 0 Å². The maximum absolute atomic E-state index is 12.3. The van der Waals surface area contributed by atoms with Crippen LogP contribution < -0.4 is 20.3 Å². The molecule has 8 heteroatoms. The Morgan fingerprint density at radius 3 is 2.40 bits per heavy atom. The topological polar surface area (TPSA) is 91.0 Å². The molecule has 1 aromatic rings. The lowest BCUT2D eigenvalue weighted by Gasteiger charge is -2.36. The molecule has 134 valence electrons. The van der Waals surface area contributed by atoms with Crippen molar-refractivity contribution >= 4 is 23.5 Å². The second kappa shape index (κ2) is 7.42. The fraction of sp³-hybridized carbons (Fsp3) is 0.471. The molecule has 1 aromatic carbocycles. The minimum Gasteiger partial charge on any atom is -0.497 e. The summed E-state index contributed by atoms with van der Waals surface area (Å²) in [6.07, 6.45) is 0.579. The van der Waals surface area contributed by atoms with Crippen molar-refractivity contribution in [2.45, 2.75) is 18.9 Å². The van der Waals surface area contributed by atoms with Gasteiger partial charge in [0.25, 0.3) is 5.91 Å². The Balaban J connectivity index is 1.45. The van der Waals surface area contributed by atoms with Gasteiger partial charge in [-0.2, -0.15) is 0 Å². The third-order valence-electron chi connectivity index (χ3n) is 4.58. The zero-order valence-electron chi connectivity index (χ0n) is 14.2. The maximum Gasteiger partial charge on any atom is 0.322 e. The smallest absolute Gasteiger partial charge is 0.322 e. The van der Waals surface area contributed by atoms with Crippen molar-refractivity contribution in [2.24, 2.45) is 0 Å². The van der Waals surface area contributed by atoms with Crippen LogP contribution in [0.3, 0.4) is 0 Å². The highest BCUT2D eigenvalue weighted by Crippen LogP contribution is 2.20. The molecule has 0 radical (unpaired) electrons. The first-order chi connectivity index (χ1) is 12.1. The molecule has 2 aliphatic rings. The Bertz CT molecular complexity index is 653. The standard InChI is InChI=1S/C17H22N4O4/c1-25-13-4-2-12(3-5-13)20-8-10-21(11-9-20)15(22)7-6-14-16(23)19-17(24)18-14/h2-5,14H,6-11H2,1H3,(H2,18,19,23,24)/t14-/m1/s1. The Kier molecular flexibility index (Phi) is 5.06. The molecule has 2 N–H and O–H groups in total. The summed E-state index contributed by atoms with van der Waals surface area (Å²) in [7, 11) is 1.64. The van der Waals surface area contributed by atoms with E-state index in [1.807, 2.05) is 29.2 Å². The highest BCUT2D eigenvalue weighted by atomic mass is 16.5. The van der Waals surface area contributed by atoms with Gasteiger partial charge < -0.3 is 19.9 Å². The Labute approximate surface area is 146 Å². The van der Waals surface area contributed by atoms with Crippen LogP contribution in [0.4, 0.5) is 10.5 Å². The van der Waals surface area contributed by atoms with Crippen LogP contribution in [0, 0.1) is 0 Å². The van der Waals surface area contributed by atoms with Crippen molar-refractivity contribution in [3.05, 3.63) is 24.3 Å². The predicted octanol–water partition coefficient (Wildman–Crippen LogP) is 0.332. The monoisotopic (exact) mass is 346 g/mol. The SMILES string of the molecule is COc1ccc(N2CCN(C(=O)CC[C@H]3NC(=O)NC3=O)CC2)cc1. The van der Waals surface area contributed by atoms with Crippen LogP contribution in [0.2, 0.25) is 0 Å². The molecule has 0 aliphatic carbocycles. The highest BCUT2D eigenvalue weighted by molar-refractivity contribution is 6.04. The maximum atomic E-state index is 12.3. The van der Waals surface area contributed by atoms with Gasteiger partial charge in [0, 0.05) is 38.3 Å². The number of benzene rings is 1. The molecule has 2 fully saturated rings. The van der Waals surface area contributed by atoms with E-state index in [1.165, 1.54) is 0 Å². The molecule has 4 amide bonds. The van der Waals surface area contributed by atoms with E-state index >= 15 is 0 Å². The van der Waals surface area contributed by atoms with Gasteiger partial charge >= 0.3 is 6.03 Å². The number of rotatable bonds is 5. The second-order valence-electron chi connectivity index (χ2n) is 6.12. The Morgan fingerprint density at radius 2 is 1.84 bits per heavy atom. The van der Waals surface area contributed by atoms with Gasteiger partial charge in [-0.3, -0.25) is 14.9 Å². The molecule has 2 heterocycles. The lowest BCUT2D eigenvalue weighted by atomic mass is 10.1. The van der Waals surface area contributed by atoms with E-state index in [2.05, 4.69) is 15.5 Å². The molecule has 0 bridgehead atoms. The summed E-state index contributed by atoms with van der Waals surface area (Å²) < 4.78 is 5.16. The number of imide groups is 1. The van der Waals surface area contributed by atoms with Gasteiger partial charge in [-0.25, -0.2) is 4.79 Å². The molecular weight excluding hydrogens is 324 g/mol. The largest absolute Gasteiger partial charge is 0.497 e. The molecule has 3 rings (SSSR count). The highest BCUT2D eigenvalue weighted by Gasteiger charge is 2.30. The minimum absolute atomic E-state index is 0.0170. The van der Waals surface area contributed by atoms with E-state index in [4.69, 9.17) is 4.74 Å². The van der Waals surface area contributed by atoms with Gasteiger partial charge in [-0.05, 0) is 30.7 Å². The number of carbonyl (C=O) groups is 3. The number of urea groups is 1. The van der Waals surface area contributed by atoms with Crippen molar-refractivity contribution in [3.8, 4) is 5.75 Å². The van der Waals surface area contributed by atoms with Gasteiger partial charge in [0.05, 0.1) is 7.11 Å². The summed E-state index contributed by atoms with van der Waals surface area (Å²) in [4.78, 5) is 38.9. The van der Waals surface area contributed by atoms with E-state index in [1.54, 1.807) is 7.11 Å². The summed E-state index contributed by atoms with van der Waals surface area (Å²) in [5, 5.41) is 4.68. The zero-order valence-corrected chi connectivity index (χ0v) is 14.2. The molecule has 0 unspecified atom stereocenters. The third-order valence-corrected chi connectivity index (χ3v) is 4.58. The number of piperazine rings is 1. The summed E-state index contributed by atoms with van der Waals surface area (Å²) in [5.74, 6) is 0.478. The molecule has 8 nitrogen and oxygen atoms in total. The van der Waals surface area contributed by atoms with Crippen molar-refractivity contribution in [1.82, 2.24) is 15.5 Å². The lowest BCUT2D eigenvalue weighted by Crippen LogP contribution is -2.49. The number of anilines is 1. The lowest BCUT2D eigenvalue weighted by molar-refractivity contribution is -0.131. The predicted molar refractivity (Wildman–Crippen MR) is 91.5 cm³/mol. The number of hydrogen-bond donors (Lipinski definition) is 2. The van der Waals surface area contributed by atoms with Gasteiger partial charge in [0.15, 0.2) is 0 Å². The quantitative estimate of drug-likeness (QED) is 0.750. The number of nitrogens with zero attached hydrogens (tertiary/aromatic N) is 2. The van der Waals surface area contributed by atoms with Crippen molar-refractivity contribution in [2.75, 3.05) is 38.2 Å². The van der Waals surface area contributed by atoms with Crippen LogP contribution in [0.15, 0.2) is 24.3 Å². The van der Waals surface area contributed by atoms with Gasteiger partial charge in [-0.15, -0.1) is 0 Å². The van der Waals surface area contributed by atoms with Crippen LogP contribution in [0.1, 0.15) is 12.8 Å². The van der Waals surface area contributed by atoms with E-state index in [0.29, 0.717) is 19.5 Å². The first-order valence-corrected chi connectivity index (χ1v) is 8.35. The van der Waals surface area contributed by atoms with Crippen molar-refractivity contribution in [1.29, 1.82) is 0 Å². The molecule has 0 spiro atoms. The average Bonchev–Trinajstić information content (AvgIpc) is 2.97. The molecule has 0 saturated carbocycles. The summed E-state index contributed by atoms with van der Waals surface area (Å²) >= 11 is 0. The molecular formula is C17H22N4O4. The normalized spacial score (nSPS) is 20.3. The van der Waals surface area contributed by atoms with Crippen LogP contribution in [0.5, 0.6) is 5.75 Å². The van der Waals surface area contributed by atoms with E-state index in [-0.39, 0.29) is 18.2 Å². The van der Waals surface area contributed by atoms with E-state index in [0.717, 1.165) is 24.5 Å². The first kappa shape index (κ1) is 17.1. The fourth-order valence-corrected chi connectivity index (χ4v) is 3.10. The number of amides is 4. The van der Waals surface area contributed by atoms with Gasteiger partial charge in [0.1, 0.15) is 11.8 Å². The number of ether oxygens (including phenoxy) is 1. The average molecular weight is 346 g/mol. The van der Waals surface area contributed by atoms with Crippen LogP contribution in [-0.4, -0.2) is 62.1 Å². The van der Waals surface area contributed by atoms with E-state index < -0.39 is 12.1 Å². The molecule has 2 aliphatic heterocycles. The number of nitrogens with one attached hydrogen (secondary N) is 2. The molecule has 25 heavy (non-hydrogen) atoms. The summed E-state index contributed by atoms with van der Waals surface area (Å²) in [6.45, 7) is 2.82. The van der Waals surface area contributed by atoms with Crippen molar-refractivity contribution < 1.29 is 19.1 Å². The number of hydrogen-bond acceptors (Lipinski definition) is 5. The van der Waals surface area contributed by atoms with Crippen LogP contribution in [-0.2, 0) is 9.59 Å². The third kappa shape index (κ3) is 4.01. The Morgan fingerprint density at radius 1 is 1.16 bits per heavy atom. The van der Waals surface area contributed by atoms with E-state index in [9.17, 15) is 14.4 Å². The molecule has 1 atom stereocenters.